The summed E-state index contributed by atoms with van der Waals surface area (Å²) >= 11 is 0. The maximum atomic E-state index is 9.44. The highest BCUT2D eigenvalue weighted by atomic mass is 15.0. The first-order valence-corrected chi connectivity index (χ1v) is 7.65. The van der Waals surface area contributed by atoms with Crippen molar-refractivity contribution in [3.63, 3.8) is 0 Å². The molecule has 3 rings (SSSR count). The SMILES string of the molecule is Cc1ccccc1Cn1c(C#N)cc(N)c1Cc1ccccc1. The third kappa shape index (κ3) is 3.12. The zero-order valence-corrected chi connectivity index (χ0v) is 13.2. The van der Waals surface area contributed by atoms with Crippen molar-refractivity contribution in [2.45, 2.75) is 19.9 Å². The van der Waals surface area contributed by atoms with Crippen LogP contribution in [-0.2, 0) is 13.0 Å². The average molecular weight is 301 g/mol. The van der Waals surface area contributed by atoms with E-state index in [1.807, 2.05) is 34.9 Å². The van der Waals surface area contributed by atoms with Gasteiger partial charge in [-0.2, -0.15) is 5.26 Å². The third-order valence-electron chi connectivity index (χ3n) is 4.16. The predicted molar refractivity (Wildman–Crippen MR) is 93.1 cm³/mol. The number of nitriles is 1. The maximum absolute atomic E-state index is 9.44. The van der Waals surface area contributed by atoms with Crippen LogP contribution < -0.4 is 5.73 Å². The van der Waals surface area contributed by atoms with Crippen LogP contribution in [0, 0.1) is 18.3 Å². The number of aryl methyl sites for hydroxylation is 1. The molecular weight excluding hydrogens is 282 g/mol. The van der Waals surface area contributed by atoms with Crippen LogP contribution in [0.5, 0.6) is 0 Å². The van der Waals surface area contributed by atoms with Crippen LogP contribution in [0.2, 0.25) is 0 Å². The van der Waals surface area contributed by atoms with Crippen molar-refractivity contribution in [3.05, 3.63) is 88.7 Å². The van der Waals surface area contributed by atoms with Crippen LogP contribution in [0.25, 0.3) is 0 Å². The molecule has 1 heterocycles. The van der Waals surface area contributed by atoms with Crippen molar-refractivity contribution in [2.24, 2.45) is 0 Å². The summed E-state index contributed by atoms with van der Waals surface area (Å²) in [6, 6.07) is 22.5. The van der Waals surface area contributed by atoms with Crippen molar-refractivity contribution in [3.8, 4) is 6.07 Å². The van der Waals surface area contributed by atoms with Crippen LogP contribution >= 0.6 is 0 Å². The van der Waals surface area contributed by atoms with E-state index in [1.54, 1.807) is 6.07 Å². The number of nitrogens with zero attached hydrogens (tertiary/aromatic N) is 2. The number of nitrogens with two attached hydrogens (primary N) is 1. The Morgan fingerprint density at radius 2 is 1.74 bits per heavy atom. The van der Waals surface area contributed by atoms with Gasteiger partial charge in [0.2, 0.25) is 0 Å². The smallest absolute Gasteiger partial charge is 0.122 e. The van der Waals surface area contributed by atoms with Crippen LogP contribution in [0.3, 0.4) is 0 Å². The second-order valence-corrected chi connectivity index (χ2v) is 5.72. The summed E-state index contributed by atoms with van der Waals surface area (Å²) in [5.41, 5.74) is 12.1. The van der Waals surface area contributed by atoms with Gasteiger partial charge in [0.1, 0.15) is 11.8 Å². The lowest BCUT2D eigenvalue weighted by atomic mass is 10.1. The summed E-state index contributed by atoms with van der Waals surface area (Å²) in [5, 5.41) is 9.44. The molecule has 0 saturated carbocycles. The highest BCUT2D eigenvalue weighted by Crippen LogP contribution is 2.23. The molecule has 0 aliphatic heterocycles. The first-order valence-electron chi connectivity index (χ1n) is 7.65. The van der Waals surface area contributed by atoms with E-state index in [1.165, 1.54) is 16.7 Å². The molecule has 0 amide bonds. The minimum absolute atomic E-state index is 0.608. The molecule has 23 heavy (non-hydrogen) atoms. The van der Waals surface area contributed by atoms with Gasteiger partial charge < -0.3 is 10.3 Å². The fraction of sp³-hybridized carbons (Fsp3) is 0.150. The van der Waals surface area contributed by atoms with E-state index < -0.39 is 0 Å². The Hall–Kier alpha value is -2.99. The number of hydrogen-bond acceptors (Lipinski definition) is 2. The molecule has 3 nitrogen and oxygen atoms in total. The number of nitrogen functional groups attached to an aromatic ring is 1. The molecule has 2 aromatic carbocycles. The van der Waals surface area contributed by atoms with Crippen molar-refractivity contribution in [1.29, 1.82) is 5.26 Å². The molecule has 1 aromatic heterocycles. The van der Waals surface area contributed by atoms with Gasteiger partial charge in [0, 0.05) is 18.7 Å². The van der Waals surface area contributed by atoms with Crippen molar-refractivity contribution < 1.29 is 0 Å². The normalized spacial score (nSPS) is 10.4. The summed E-state index contributed by atoms with van der Waals surface area (Å²) in [6.45, 7) is 2.75. The average Bonchev–Trinajstić information content (AvgIpc) is 2.86. The minimum atomic E-state index is 0.608. The molecule has 0 aliphatic rings. The predicted octanol–water partition coefficient (Wildman–Crippen LogP) is 3.89. The summed E-state index contributed by atoms with van der Waals surface area (Å²) in [4.78, 5) is 0. The highest BCUT2D eigenvalue weighted by molar-refractivity contribution is 5.52. The van der Waals surface area contributed by atoms with Crippen LogP contribution in [-0.4, -0.2) is 4.57 Å². The van der Waals surface area contributed by atoms with Gasteiger partial charge in [-0.3, -0.25) is 0 Å². The number of rotatable bonds is 4. The molecule has 0 fully saturated rings. The second kappa shape index (κ2) is 6.41. The fourth-order valence-electron chi connectivity index (χ4n) is 2.83. The number of hydrogen-bond donors (Lipinski definition) is 1. The monoisotopic (exact) mass is 301 g/mol. The van der Waals surface area contributed by atoms with E-state index in [0.717, 1.165) is 12.1 Å². The zero-order chi connectivity index (χ0) is 16.2. The fourth-order valence-corrected chi connectivity index (χ4v) is 2.83. The molecule has 0 spiro atoms. The van der Waals surface area contributed by atoms with Gasteiger partial charge in [0.15, 0.2) is 0 Å². The summed E-state index contributed by atoms with van der Waals surface area (Å²) in [5.74, 6) is 0. The van der Waals surface area contributed by atoms with Crippen molar-refractivity contribution >= 4 is 5.69 Å². The Kier molecular flexibility index (Phi) is 4.16. The van der Waals surface area contributed by atoms with Gasteiger partial charge in [-0.1, -0.05) is 54.6 Å². The van der Waals surface area contributed by atoms with E-state index >= 15 is 0 Å². The molecule has 0 bridgehead atoms. The molecule has 0 atom stereocenters. The summed E-state index contributed by atoms with van der Waals surface area (Å²) in [7, 11) is 0. The van der Waals surface area contributed by atoms with Gasteiger partial charge in [-0.15, -0.1) is 0 Å². The largest absolute Gasteiger partial charge is 0.397 e. The Labute approximate surface area is 136 Å². The quantitative estimate of drug-likeness (QED) is 0.795. The molecule has 0 unspecified atom stereocenters. The molecule has 0 saturated heterocycles. The van der Waals surface area contributed by atoms with Crippen molar-refractivity contribution in [1.82, 2.24) is 4.57 Å². The first-order chi connectivity index (χ1) is 11.2. The van der Waals surface area contributed by atoms with Crippen LogP contribution in [0.4, 0.5) is 5.69 Å². The second-order valence-electron chi connectivity index (χ2n) is 5.72. The van der Waals surface area contributed by atoms with E-state index in [-0.39, 0.29) is 0 Å². The number of benzene rings is 2. The lowest BCUT2D eigenvalue weighted by molar-refractivity contribution is 0.745. The van der Waals surface area contributed by atoms with Gasteiger partial charge >= 0.3 is 0 Å². The number of aromatic nitrogens is 1. The minimum Gasteiger partial charge on any atom is -0.397 e. The van der Waals surface area contributed by atoms with Gasteiger partial charge in [0.25, 0.3) is 0 Å². The Bertz CT molecular complexity index is 854. The van der Waals surface area contributed by atoms with Gasteiger partial charge in [-0.05, 0) is 29.7 Å². The first kappa shape index (κ1) is 14.9. The van der Waals surface area contributed by atoms with Crippen molar-refractivity contribution in [2.75, 3.05) is 5.73 Å². The summed E-state index contributed by atoms with van der Waals surface area (Å²) in [6.07, 6.45) is 0.722. The number of anilines is 1. The lowest BCUT2D eigenvalue weighted by Gasteiger charge is -2.13. The molecule has 0 radical (unpaired) electrons. The third-order valence-corrected chi connectivity index (χ3v) is 4.16. The lowest BCUT2D eigenvalue weighted by Crippen LogP contribution is -2.09. The van der Waals surface area contributed by atoms with E-state index in [9.17, 15) is 5.26 Å². The maximum Gasteiger partial charge on any atom is 0.122 e. The Morgan fingerprint density at radius 1 is 1.04 bits per heavy atom. The molecule has 3 heteroatoms. The van der Waals surface area contributed by atoms with Gasteiger partial charge in [-0.25, -0.2) is 0 Å². The van der Waals surface area contributed by atoms with E-state index in [4.69, 9.17) is 5.73 Å². The van der Waals surface area contributed by atoms with Crippen LogP contribution in [0.15, 0.2) is 60.7 Å². The van der Waals surface area contributed by atoms with E-state index in [2.05, 4.69) is 37.3 Å². The van der Waals surface area contributed by atoms with Gasteiger partial charge in [0.05, 0.1) is 5.69 Å². The summed E-state index contributed by atoms with van der Waals surface area (Å²) < 4.78 is 2.03. The Balaban J connectivity index is 2.01. The zero-order valence-electron chi connectivity index (χ0n) is 13.2. The molecule has 3 aromatic rings. The van der Waals surface area contributed by atoms with Crippen LogP contribution in [0.1, 0.15) is 28.1 Å². The molecule has 114 valence electrons. The molecule has 2 N–H and O–H groups in total. The topological polar surface area (TPSA) is 54.7 Å². The standard InChI is InChI=1S/C20H19N3/c1-15-7-5-6-10-17(15)14-23-18(13-21)12-19(22)20(23)11-16-8-3-2-4-9-16/h2-10,12H,11,14,22H2,1H3. The molecular formula is C20H19N3. The highest BCUT2D eigenvalue weighted by Gasteiger charge is 2.14. The molecule has 0 aliphatic carbocycles. The Morgan fingerprint density at radius 3 is 2.43 bits per heavy atom. The van der Waals surface area contributed by atoms with E-state index in [0.29, 0.717) is 17.9 Å².